The Bertz CT molecular complexity index is 829. The fourth-order valence-corrected chi connectivity index (χ4v) is 2.87. The molecule has 0 fully saturated rings. The summed E-state index contributed by atoms with van der Waals surface area (Å²) in [6.45, 7) is 6.24. The molecule has 0 aliphatic carbocycles. The summed E-state index contributed by atoms with van der Waals surface area (Å²) < 4.78 is 0. The Balaban J connectivity index is 0.00000156. The van der Waals surface area contributed by atoms with Gasteiger partial charge in [-0.1, -0.05) is 80.1 Å². The standard InChI is InChI=1S/C23H21.2Y/c1-4-5-19-7-9-20(10-8-19)21-11-13-22(14-12-21)23-15-6-17(2)16-18(23)3;;/h4-15H,1-3H3;;/q-1;;/b5-4+;;. The van der Waals surface area contributed by atoms with Crippen molar-refractivity contribution in [1.82, 2.24) is 0 Å². The van der Waals surface area contributed by atoms with Gasteiger partial charge in [-0.05, 0) is 23.6 Å². The minimum absolute atomic E-state index is 0. The van der Waals surface area contributed by atoms with Crippen LogP contribution in [0.25, 0.3) is 28.3 Å². The van der Waals surface area contributed by atoms with Crippen LogP contribution < -0.4 is 0 Å². The molecule has 0 amide bonds. The molecule has 0 saturated carbocycles. The molecule has 0 unspecified atom stereocenters. The van der Waals surface area contributed by atoms with Crippen LogP contribution in [0.15, 0.2) is 66.7 Å². The third-order valence-corrected chi connectivity index (χ3v) is 4.09. The molecule has 3 aromatic rings. The summed E-state index contributed by atoms with van der Waals surface area (Å²) in [4.78, 5) is 0. The van der Waals surface area contributed by atoms with Gasteiger partial charge < -0.3 is 0 Å². The average molecular weight is 475 g/mol. The van der Waals surface area contributed by atoms with E-state index in [0.717, 1.165) is 0 Å². The average Bonchev–Trinajstić information content (AvgIpc) is 2.56. The number of benzene rings is 3. The van der Waals surface area contributed by atoms with Crippen molar-refractivity contribution in [2.45, 2.75) is 20.8 Å². The minimum atomic E-state index is 0. The van der Waals surface area contributed by atoms with Gasteiger partial charge in [-0.15, -0.1) is 5.56 Å². The van der Waals surface area contributed by atoms with E-state index in [0.29, 0.717) is 0 Å². The summed E-state index contributed by atoms with van der Waals surface area (Å²) in [5.74, 6) is 0. The molecule has 0 aliphatic rings. The summed E-state index contributed by atoms with van der Waals surface area (Å²) in [5, 5.41) is 0. The fraction of sp³-hybridized carbons (Fsp3) is 0.130. The summed E-state index contributed by atoms with van der Waals surface area (Å²) in [6, 6.07) is 25.1. The summed E-state index contributed by atoms with van der Waals surface area (Å²) in [6.07, 6.45) is 4.17. The maximum atomic E-state index is 3.40. The SMILES string of the molecule is C/C=C/c1ccc(-c2ccc(-c3ccc(C)[c-]c3C)cc2)cc1.[Y].[Y]. The van der Waals surface area contributed by atoms with Crippen molar-refractivity contribution < 1.29 is 65.4 Å². The van der Waals surface area contributed by atoms with Gasteiger partial charge in [0.05, 0.1) is 0 Å². The van der Waals surface area contributed by atoms with Crippen LogP contribution in [0.1, 0.15) is 23.6 Å². The number of hydrogen-bond donors (Lipinski definition) is 0. The van der Waals surface area contributed by atoms with Crippen molar-refractivity contribution in [3.63, 3.8) is 0 Å². The Morgan fingerprint density at radius 3 is 1.72 bits per heavy atom. The third-order valence-electron chi connectivity index (χ3n) is 4.09. The van der Waals surface area contributed by atoms with Crippen LogP contribution in [-0.4, -0.2) is 0 Å². The number of aryl methyl sites for hydroxylation is 2. The van der Waals surface area contributed by atoms with Gasteiger partial charge >= 0.3 is 0 Å². The first-order valence-electron chi connectivity index (χ1n) is 8.00. The van der Waals surface area contributed by atoms with Crippen LogP contribution in [0.5, 0.6) is 0 Å². The molecule has 0 saturated heterocycles. The van der Waals surface area contributed by atoms with Gasteiger partial charge in [-0.25, -0.2) is 0 Å². The Labute approximate surface area is 201 Å². The maximum absolute atomic E-state index is 3.40. The number of allylic oxidation sites excluding steroid dienone is 1. The predicted molar refractivity (Wildman–Crippen MR) is 100 cm³/mol. The molecular weight excluding hydrogens is 454 g/mol. The van der Waals surface area contributed by atoms with Gasteiger partial charge in [0.1, 0.15) is 0 Å². The van der Waals surface area contributed by atoms with Gasteiger partial charge in [0.2, 0.25) is 0 Å². The predicted octanol–water partition coefficient (Wildman–Crippen LogP) is 6.47. The van der Waals surface area contributed by atoms with Crippen molar-refractivity contribution >= 4 is 6.08 Å². The first-order chi connectivity index (χ1) is 11.2. The third kappa shape index (κ3) is 5.80. The van der Waals surface area contributed by atoms with E-state index < -0.39 is 0 Å². The van der Waals surface area contributed by atoms with Crippen molar-refractivity contribution in [2.75, 3.05) is 0 Å². The molecule has 0 N–H and O–H groups in total. The monoisotopic (exact) mass is 475 g/mol. The molecule has 0 aromatic heterocycles. The molecule has 0 heterocycles. The molecule has 0 aliphatic heterocycles. The zero-order chi connectivity index (χ0) is 16.2. The van der Waals surface area contributed by atoms with Gasteiger partial charge in [0.15, 0.2) is 0 Å². The summed E-state index contributed by atoms with van der Waals surface area (Å²) in [7, 11) is 0. The van der Waals surface area contributed by atoms with Crippen LogP contribution >= 0.6 is 0 Å². The minimum Gasteiger partial charge on any atom is -0.177 e. The molecule has 0 atom stereocenters. The molecule has 0 bridgehead atoms. The second kappa shape index (κ2) is 10.7. The molecule has 3 aromatic carbocycles. The van der Waals surface area contributed by atoms with Crippen LogP contribution in [0.2, 0.25) is 0 Å². The van der Waals surface area contributed by atoms with Crippen molar-refractivity contribution in [1.29, 1.82) is 0 Å². The zero-order valence-corrected chi connectivity index (χ0v) is 20.8. The first-order valence-corrected chi connectivity index (χ1v) is 8.00. The van der Waals surface area contributed by atoms with Crippen LogP contribution in [0, 0.1) is 19.9 Å². The zero-order valence-electron chi connectivity index (χ0n) is 15.1. The van der Waals surface area contributed by atoms with Gasteiger partial charge in [-0.3, -0.25) is 0 Å². The molecule has 0 spiro atoms. The van der Waals surface area contributed by atoms with Gasteiger partial charge in [0, 0.05) is 65.4 Å². The van der Waals surface area contributed by atoms with E-state index in [1.165, 1.54) is 38.9 Å². The smallest absolute Gasteiger partial charge is 0 e. The normalized spacial score (nSPS) is 10.2. The van der Waals surface area contributed by atoms with Gasteiger partial charge in [-0.2, -0.15) is 29.3 Å². The largest absolute Gasteiger partial charge is 0.177 e. The summed E-state index contributed by atoms with van der Waals surface area (Å²) in [5.41, 5.74) is 8.61. The topological polar surface area (TPSA) is 0 Å². The van der Waals surface area contributed by atoms with E-state index in [1.807, 2.05) is 6.92 Å². The van der Waals surface area contributed by atoms with Gasteiger partial charge in [0.25, 0.3) is 0 Å². The summed E-state index contributed by atoms with van der Waals surface area (Å²) >= 11 is 0. The number of hydrogen-bond acceptors (Lipinski definition) is 0. The van der Waals surface area contributed by atoms with E-state index >= 15 is 0 Å². The molecular formula is C23H21Y2-. The van der Waals surface area contributed by atoms with E-state index in [9.17, 15) is 0 Å². The Morgan fingerprint density at radius 2 is 1.20 bits per heavy atom. The Hall–Kier alpha value is -0.392. The quantitative estimate of drug-likeness (QED) is 0.382. The van der Waals surface area contributed by atoms with Crippen molar-refractivity contribution in [2.24, 2.45) is 0 Å². The Morgan fingerprint density at radius 1 is 0.680 bits per heavy atom. The molecule has 2 heteroatoms. The second-order valence-electron chi connectivity index (χ2n) is 5.88. The Kier molecular flexibility index (Phi) is 9.68. The second-order valence-corrected chi connectivity index (χ2v) is 5.88. The maximum Gasteiger partial charge on any atom is 0 e. The van der Waals surface area contributed by atoms with Crippen LogP contribution in [-0.2, 0) is 65.4 Å². The molecule has 0 nitrogen and oxygen atoms in total. The molecule has 2 radical (unpaired) electrons. The molecule has 120 valence electrons. The molecule has 25 heavy (non-hydrogen) atoms. The van der Waals surface area contributed by atoms with E-state index in [2.05, 4.69) is 92.7 Å². The van der Waals surface area contributed by atoms with Crippen LogP contribution in [0.4, 0.5) is 0 Å². The van der Waals surface area contributed by atoms with Crippen LogP contribution in [0.3, 0.4) is 0 Å². The first kappa shape index (κ1) is 22.6. The van der Waals surface area contributed by atoms with E-state index in [1.54, 1.807) is 0 Å². The van der Waals surface area contributed by atoms with E-state index in [-0.39, 0.29) is 65.4 Å². The fourth-order valence-electron chi connectivity index (χ4n) is 2.87. The number of rotatable bonds is 3. The van der Waals surface area contributed by atoms with Crippen molar-refractivity contribution in [3.8, 4) is 22.3 Å². The van der Waals surface area contributed by atoms with E-state index in [4.69, 9.17) is 0 Å². The van der Waals surface area contributed by atoms with Crippen molar-refractivity contribution in [3.05, 3.63) is 89.5 Å². The molecule has 3 rings (SSSR count).